The van der Waals surface area contributed by atoms with Crippen molar-refractivity contribution in [2.45, 2.75) is 51.5 Å². The van der Waals surface area contributed by atoms with Crippen molar-refractivity contribution in [2.24, 2.45) is 4.99 Å². The number of hydrogen-bond acceptors (Lipinski definition) is 4. The molecule has 3 rings (SSSR count). The zero-order chi connectivity index (χ0) is 24.2. The second-order valence-electron chi connectivity index (χ2n) is 9.08. The van der Waals surface area contributed by atoms with Crippen molar-refractivity contribution in [1.29, 1.82) is 0 Å². The summed E-state index contributed by atoms with van der Waals surface area (Å²) >= 11 is 1.21. The number of carbonyl (C=O) groups is 1. The number of aryl methyl sites for hydroxylation is 2. The summed E-state index contributed by atoms with van der Waals surface area (Å²) in [5.41, 5.74) is 5.50. The molecule has 0 unspecified atom stereocenters. The Balaban J connectivity index is 1.78. The molecule has 1 amide bonds. The van der Waals surface area contributed by atoms with Gasteiger partial charge in [-0.05, 0) is 77.7 Å². The first kappa shape index (κ1) is 24.4. The predicted molar refractivity (Wildman–Crippen MR) is 136 cm³/mol. The predicted octanol–water partition coefficient (Wildman–Crippen LogP) is 7.24. The number of nitrogens with zero attached hydrogens (tertiary/aromatic N) is 2. The van der Waals surface area contributed by atoms with Gasteiger partial charge in [0.05, 0.1) is 12.2 Å². The van der Waals surface area contributed by atoms with Gasteiger partial charge >= 0.3 is 6.09 Å². The molecule has 0 heterocycles. The molecule has 3 aromatic carbocycles. The minimum absolute atomic E-state index is 0.0498. The fraction of sp³-hybridized carbons (Fsp3) is 0.259. The Morgan fingerprint density at radius 1 is 1.03 bits per heavy atom. The van der Waals surface area contributed by atoms with Crippen LogP contribution < -0.4 is 0 Å². The van der Waals surface area contributed by atoms with E-state index in [4.69, 9.17) is 0 Å². The summed E-state index contributed by atoms with van der Waals surface area (Å²) in [6, 6.07) is 19.0. The molecule has 0 atom stereocenters. The summed E-state index contributed by atoms with van der Waals surface area (Å²) < 4.78 is 1.34. The largest absolute Gasteiger partial charge is 0.507 e. The highest BCUT2D eigenvalue weighted by Gasteiger charge is 2.17. The number of phenols is 1. The lowest BCUT2D eigenvalue weighted by molar-refractivity contribution is 0.174. The summed E-state index contributed by atoms with van der Waals surface area (Å²) in [5, 5.41) is 19.7. The smallest absolute Gasteiger partial charge is 0.418 e. The summed E-state index contributed by atoms with van der Waals surface area (Å²) in [4.78, 5) is 17.4. The molecule has 0 spiro atoms. The van der Waals surface area contributed by atoms with Crippen LogP contribution in [0.4, 0.5) is 10.5 Å². The number of para-hydroxylation sites is 1. The standard InChI is InChI=1S/C27H30N2O3S/c1-18-14-20(15-19(2)25(18)28-16-21-8-6-7-9-24(21)30)17-29(26(31)32)33-23-12-10-22(11-13-23)27(3,4)5/h6-16,30H,17H2,1-5H3,(H,31,32). The second kappa shape index (κ2) is 10.1. The maximum Gasteiger partial charge on any atom is 0.418 e. The van der Waals surface area contributed by atoms with Crippen LogP contribution in [0.25, 0.3) is 0 Å². The molecule has 0 bridgehead atoms. The monoisotopic (exact) mass is 462 g/mol. The van der Waals surface area contributed by atoms with E-state index in [1.807, 2.05) is 56.3 Å². The number of benzene rings is 3. The summed E-state index contributed by atoms with van der Waals surface area (Å²) in [6.07, 6.45) is 0.655. The lowest BCUT2D eigenvalue weighted by atomic mass is 9.87. The van der Waals surface area contributed by atoms with Gasteiger partial charge in [0.2, 0.25) is 0 Å². The first-order valence-electron chi connectivity index (χ1n) is 10.8. The Morgan fingerprint density at radius 2 is 1.64 bits per heavy atom. The van der Waals surface area contributed by atoms with E-state index in [2.05, 4.69) is 25.8 Å². The molecule has 0 aliphatic rings. The summed E-state index contributed by atoms with van der Waals surface area (Å²) in [7, 11) is 0. The molecule has 172 valence electrons. The van der Waals surface area contributed by atoms with Crippen molar-refractivity contribution in [1.82, 2.24) is 4.31 Å². The molecule has 33 heavy (non-hydrogen) atoms. The van der Waals surface area contributed by atoms with Crippen molar-refractivity contribution < 1.29 is 15.0 Å². The average Bonchev–Trinajstić information content (AvgIpc) is 2.73. The van der Waals surface area contributed by atoms with Gasteiger partial charge in [-0.2, -0.15) is 0 Å². The third-order valence-corrected chi connectivity index (χ3v) is 6.28. The normalized spacial score (nSPS) is 11.7. The van der Waals surface area contributed by atoms with Crippen molar-refractivity contribution in [3.8, 4) is 5.75 Å². The van der Waals surface area contributed by atoms with Gasteiger partial charge in [-0.25, -0.2) is 9.10 Å². The molecule has 0 saturated carbocycles. The first-order chi connectivity index (χ1) is 15.5. The molecule has 0 fully saturated rings. The molecule has 2 N–H and O–H groups in total. The number of carboxylic acid groups (broad SMARTS) is 1. The van der Waals surface area contributed by atoms with Crippen molar-refractivity contribution in [3.63, 3.8) is 0 Å². The van der Waals surface area contributed by atoms with Gasteiger partial charge in [0.15, 0.2) is 0 Å². The van der Waals surface area contributed by atoms with Crippen LogP contribution in [0, 0.1) is 13.8 Å². The third-order valence-electron chi connectivity index (χ3n) is 5.30. The van der Waals surface area contributed by atoms with Gasteiger partial charge in [-0.3, -0.25) is 4.99 Å². The lowest BCUT2D eigenvalue weighted by Gasteiger charge is -2.21. The van der Waals surface area contributed by atoms with Crippen LogP contribution >= 0.6 is 11.9 Å². The molecule has 6 heteroatoms. The zero-order valence-corrected chi connectivity index (χ0v) is 20.5. The van der Waals surface area contributed by atoms with Crippen LogP contribution in [0.2, 0.25) is 0 Å². The number of rotatable bonds is 6. The first-order valence-corrected chi connectivity index (χ1v) is 11.5. The van der Waals surface area contributed by atoms with E-state index in [1.165, 1.54) is 21.8 Å². The minimum atomic E-state index is -0.989. The van der Waals surface area contributed by atoms with E-state index in [9.17, 15) is 15.0 Å². The highest BCUT2D eigenvalue weighted by Crippen LogP contribution is 2.31. The third kappa shape index (κ3) is 6.39. The zero-order valence-electron chi connectivity index (χ0n) is 19.7. The molecule has 0 radical (unpaired) electrons. The summed E-state index contributed by atoms with van der Waals surface area (Å²) in [6.45, 7) is 10.6. The molecule has 0 saturated heterocycles. The maximum atomic E-state index is 11.9. The summed E-state index contributed by atoms with van der Waals surface area (Å²) in [5.74, 6) is 0.179. The van der Waals surface area contributed by atoms with Gasteiger partial charge in [0, 0.05) is 16.7 Å². The van der Waals surface area contributed by atoms with Crippen LogP contribution in [0.5, 0.6) is 5.75 Å². The van der Waals surface area contributed by atoms with Crippen molar-refractivity contribution in [3.05, 3.63) is 88.5 Å². The van der Waals surface area contributed by atoms with E-state index in [1.54, 1.807) is 24.4 Å². The van der Waals surface area contributed by atoms with Gasteiger partial charge in [-0.15, -0.1) is 0 Å². The Kier molecular flexibility index (Phi) is 7.49. The minimum Gasteiger partial charge on any atom is -0.507 e. The van der Waals surface area contributed by atoms with Gasteiger partial charge in [0.25, 0.3) is 0 Å². The molecule has 0 aliphatic heterocycles. The topological polar surface area (TPSA) is 73.1 Å². The molecular formula is C27H30N2O3S. The van der Waals surface area contributed by atoms with Gasteiger partial charge in [0.1, 0.15) is 5.75 Å². The highest BCUT2D eigenvalue weighted by atomic mass is 32.2. The van der Waals surface area contributed by atoms with Crippen molar-refractivity contribution >= 4 is 29.9 Å². The van der Waals surface area contributed by atoms with Crippen LogP contribution in [0.1, 0.15) is 48.6 Å². The van der Waals surface area contributed by atoms with E-state index in [0.29, 0.717) is 5.56 Å². The molecule has 5 nitrogen and oxygen atoms in total. The molecule has 0 aliphatic carbocycles. The number of aliphatic imine (C=N–C) groups is 1. The Labute approximate surface area is 199 Å². The second-order valence-corrected chi connectivity index (χ2v) is 10.2. The van der Waals surface area contributed by atoms with Crippen LogP contribution in [0.3, 0.4) is 0 Å². The van der Waals surface area contributed by atoms with Crippen molar-refractivity contribution in [2.75, 3.05) is 0 Å². The van der Waals surface area contributed by atoms with Gasteiger partial charge in [-0.1, -0.05) is 57.2 Å². The number of hydrogen-bond donors (Lipinski definition) is 2. The van der Waals surface area contributed by atoms with E-state index in [-0.39, 0.29) is 17.7 Å². The Morgan fingerprint density at radius 3 is 2.18 bits per heavy atom. The highest BCUT2D eigenvalue weighted by molar-refractivity contribution is 7.97. The van der Waals surface area contributed by atoms with E-state index >= 15 is 0 Å². The fourth-order valence-electron chi connectivity index (χ4n) is 3.52. The maximum absolute atomic E-state index is 11.9. The van der Waals surface area contributed by atoms with E-state index in [0.717, 1.165) is 27.3 Å². The quantitative estimate of drug-likeness (QED) is 0.299. The Bertz CT molecular complexity index is 1140. The SMILES string of the molecule is Cc1cc(CN(Sc2ccc(C(C)(C)C)cc2)C(=O)O)cc(C)c1N=Cc1ccccc1O. The van der Waals surface area contributed by atoms with Crippen LogP contribution in [-0.2, 0) is 12.0 Å². The number of phenolic OH excluding ortho intramolecular Hbond substituents is 1. The lowest BCUT2D eigenvalue weighted by Crippen LogP contribution is -2.21. The Hall–Kier alpha value is -3.25. The number of amides is 1. The van der Waals surface area contributed by atoms with Crippen LogP contribution in [0.15, 0.2) is 70.6 Å². The molecule has 0 aromatic heterocycles. The molecule has 3 aromatic rings. The van der Waals surface area contributed by atoms with Crippen LogP contribution in [-0.4, -0.2) is 26.8 Å². The fourth-order valence-corrected chi connectivity index (χ4v) is 4.32. The van der Waals surface area contributed by atoms with Gasteiger partial charge < -0.3 is 10.2 Å². The van der Waals surface area contributed by atoms with E-state index < -0.39 is 6.09 Å². The average molecular weight is 463 g/mol. The molecular weight excluding hydrogens is 432 g/mol. The number of aromatic hydroxyl groups is 1.